The lowest BCUT2D eigenvalue weighted by atomic mass is 9.74. The Morgan fingerprint density at radius 3 is 2.67 bits per heavy atom. The Balaban J connectivity index is 2.14. The number of carboxylic acids is 1. The van der Waals surface area contributed by atoms with Crippen molar-refractivity contribution in [3.63, 3.8) is 0 Å². The lowest BCUT2D eigenvalue weighted by Gasteiger charge is -2.31. The molecule has 1 fully saturated rings. The average Bonchev–Trinajstić information content (AvgIpc) is 2.93. The van der Waals surface area contributed by atoms with E-state index in [1.165, 1.54) is 32.1 Å². The van der Waals surface area contributed by atoms with Gasteiger partial charge in [-0.2, -0.15) is 5.10 Å². The fourth-order valence-corrected chi connectivity index (χ4v) is 3.27. The highest BCUT2D eigenvalue weighted by Gasteiger charge is 2.41. The van der Waals surface area contributed by atoms with Crippen molar-refractivity contribution in [3.05, 3.63) is 18.0 Å². The van der Waals surface area contributed by atoms with Crippen molar-refractivity contribution < 1.29 is 9.90 Å². The van der Waals surface area contributed by atoms with Gasteiger partial charge in [0.25, 0.3) is 0 Å². The van der Waals surface area contributed by atoms with Crippen molar-refractivity contribution in [2.24, 2.45) is 17.1 Å². The topological polar surface area (TPSA) is 81.1 Å². The van der Waals surface area contributed by atoms with Crippen molar-refractivity contribution in [1.82, 2.24) is 9.78 Å². The van der Waals surface area contributed by atoms with E-state index in [-0.39, 0.29) is 12.5 Å². The SMILES string of the molecule is CC(C)C(CN)(Cc1ccn(C2CCCCC2)n1)C(=O)O. The molecule has 0 aliphatic heterocycles. The molecule has 0 bridgehead atoms. The highest BCUT2D eigenvalue weighted by molar-refractivity contribution is 5.75. The zero-order chi connectivity index (χ0) is 15.5. The van der Waals surface area contributed by atoms with Gasteiger partial charge < -0.3 is 10.8 Å². The second-order valence-corrected chi connectivity index (χ2v) is 6.58. The molecular formula is C16H27N3O2. The van der Waals surface area contributed by atoms with E-state index in [1.807, 2.05) is 30.8 Å². The van der Waals surface area contributed by atoms with Crippen molar-refractivity contribution in [1.29, 1.82) is 0 Å². The average molecular weight is 293 g/mol. The Kier molecular flexibility index (Phi) is 5.04. The van der Waals surface area contributed by atoms with Gasteiger partial charge in [0.15, 0.2) is 0 Å². The summed E-state index contributed by atoms with van der Waals surface area (Å²) < 4.78 is 2.03. The molecule has 0 spiro atoms. The number of carboxylic acid groups (broad SMARTS) is 1. The normalized spacial score (nSPS) is 19.6. The number of hydrogen-bond donors (Lipinski definition) is 2. The van der Waals surface area contributed by atoms with E-state index in [1.54, 1.807) is 0 Å². The maximum absolute atomic E-state index is 11.7. The van der Waals surface area contributed by atoms with Crippen LogP contribution >= 0.6 is 0 Å². The Bertz CT molecular complexity index is 478. The van der Waals surface area contributed by atoms with Crippen LogP contribution in [0.15, 0.2) is 12.3 Å². The third-order valence-corrected chi connectivity index (χ3v) is 5.00. The van der Waals surface area contributed by atoms with Gasteiger partial charge in [0.2, 0.25) is 0 Å². The van der Waals surface area contributed by atoms with Crippen LogP contribution in [0.3, 0.4) is 0 Å². The summed E-state index contributed by atoms with van der Waals surface area (Å²) in [5.74, 6) is -0.855. The quantitative estimate of drug-likeness (QED) is 0.844. The Morgan fingerprint density at radius 1 is 1.48 bits per heavy atom. The summed E-state index contributed by atoms with van der Waals surface area (Å²) in [6.07, 6.45) is 8.57. The van der Waals surface area contributed by atoms with E-state index in [0.717, 1.165) is 5.69 Å². The number of carbonyl (C=O) groups is 1. The molecule has 3 N–H and O–H groups in total. The van der Waals surface area contributed by atoms with Gasteiger partial charge in [0.1, 0.15) is 0 Å². The zero-order valence-electron chi connectivity index (χ0n) is 13.1. The van der Waals surface area contributed by atoms with Crippen LogP contribution in [-0.2, 0) is 11.2 Å². The van der Waals surface area contributed by atoms with Crippen LogP contribution in [0, 0.1) is 11.3 Å². The number of hydrogen-bond acceptors (Lipinski definition) is 3. The Morgan fingerprint density at radius 2 is 2.14 bits per heavy atom. The van der Waals surface area contributed by atoms with Gasteiger partial charge in [-0.1, -0.05) is 33.1 Å². The second kappa shape index (κ2) is 6.60. The molecule has 2 rings (SSSR count). The van der Waals surface area contributed by atoms with Crippen LogP contribution in [0.2, 0.25) is 0 Å². The summed E-state index contributed by atoms with van der Waals surface area (Å²) in [7, 11) is 0. The summed E-state index contributed by atoms with van der Waals surface area (Å²) in [4.78, 5) is 11.7. The summed E-state index contributed by atoms with van der Waals surface area (Å²) in [5, 5.41) is 14.2. The summed E-state index contributed by atoms with van der Waals surface area (Å²) >= 11 is 0. The molecule has 1 heterocycles. The first-order valence-electron chi connectivity index (χ1n) is 7.97. The smallest absolute Gasteiger partial charge is 0.311 e. The van der Waals surface area contributed by atoms with Gasteiger partial charge in [0, 0.05) is 19.2 Å². The molecule has 1 aromatic rings. The van der Waals surface area contributed by atoms with Gasteiger partial charge in [-0.3, -0.25) is 9.48 Å². The van der Waals surface area contributed by atoms with Gasteiger partial charge in [-0.25, -0.2) is 0 Å². The van der Waals surface area contributed by atoms with Crippen molar-refractivity contribution in [3.8, 4) is 0 Å². The molecule has 0 aromatic carbocycles. The van der Waals surface area contributed by atoms with E-state index in [9.17, 15) is 9.90 Å². The standard InChI is InChI=1S/C16H27N3O2/c1-12(2)16(11-17,15(20)21)10-13-8-9-19(18-13)14-6-4-3-5-7-14/h8-9,12,14H,3-7,10-11,17H2,1-2H3,(H,20,21). The lowest BCUT2D eigenvalue weighted by molar-refractivity contribution is -0.151. The molecule has 0 amide bonds. The van der Waals surface area contributed by atoms with E-state index in [4.69, 9.17) is 5.73 Å². The zero-order valence-corrected chi connectivity index (χ0v) is 13.1. The van der Waals surface area contributed by atoms with E-state index in [0.29, 0.717) is 12.5 Å². The highest BCUT2D eigenvalue weighted by Crippen LogP contribution is 2.32. The molecule has 0 radical (unpaired) electrons. The minimum atomic E-state index is -0.925. The molecule has 1 unspecified atom stereocenters. The van der Waals surface area contributed by atoms with E-state index < -0.39 is 11.4 Å². The number of rotatable bonds is 6. The molecule has 1 aliphatic rings. The Hall–Kier alpha value is -1.36. The highest BCUT2D eigenvalue weighted by atomic mass is 16.4. The first-order chi connectivity index (χ1) is 9.99. The van der Waals surface area contributed by atoms with Gasteiger partial charge in [-0.15, -0.1) is 0 Å². The molecule has 0 saturated heterocycles. The van der Waals surface area contributed by atoms with Gasteiger partial charge >= 0.3 is 5.97 Å². The summed E-state index contributed by atoms with van der Waals surface area (Å²) in [6, 6.07) is 2.42. The third-order valence-electron chi connectivity index (χ3n) is 5.00. The maximum Gasteiger partial charge on any atom is 0.311 e. The van der Waals surface area contributed by atoms with Crippen molar-refractivity contribution >= 4 is 5.97 Å². The summed E-state index contributed by atoms with van der Waals surface area (Å²) in [5.41, 5.74) is 5.70. The number of nitrogens with two attached hydrogens (primary N) is 1. The number of nitrogens with zero attached hydrogens (tertiary/aromatic N) is 2. The molecular weight excluding hydrogens is 266 g/mol. The molecule has 5 heteroatoms. The van der Waals surface area contributed by atoms with E-state index >= 15 is 0 Å². The Labute approximate surface area is 126 Å². The van der Waals surface area contributed by atoms with Crippen LogP contribution in [0.1, 0.15) is 57.7 Å². The fraction of sp³-hybridized carbons (Fsp3) is 0.750. The predicted molar refractivity (Wildman–Crippen MR) is 82.0 cm³/mol. The molecule has 21 heavy (non-hydrogen) atoms. The molecule has 1 aliphatic carbocycles. The van der Waals surface area contributed by atoms with Gasteiger partial charge in [0.05, 0.1) is 17.2 Å². The van der Waals surface area contributed by atoms with E-state index in [2.05, 4.69) is 5.10 Å². The van der Waals surface area contributed by atoms with Crippen LogP contribution < -0.4 is 5.73 Å². The van der Waals surface area contributed by atoms with Crippen LogP contribution in [0.4, 0.5) is 0 Å². The largest absolute Gasteiger partial charge is 0.481 e. The predicted octanol–water partition coefficient (Wildman–Crippen LogP) is 2.62. The van der Waals surface area contributed by atoms with Crippen molar-refractivity contribution in [2.45, 2.75) is 58.4 Å². The third kappa shape index (κ3) is 3.28. The maximum atomic E-state index is 11.7. The first-order valence-corrected chi connectivity index (χ1v) is 7.97. The van der Waals surface area contributed by atoms with Crippen molar-refractivity contribution in [2.75, 3.05) is 6.54 Å². The minimum Gasteiger partial charge on any atom is -0.481 e. The van der Waals surface area contributed by atoms with Crippen LogP contribution in [0.5, 0.6) is 0 Å². The molecule has 118 valence electrons. The second-order valence-electron chi connectivity index (χ2n) is 6.58. The van der Waals surface area contributed by atoms with Crippen LogP contribution in [-0.4, -0.2) is 27.4 Å². The number of aromatic nitrogens is 2. The molecule has 1 atom stereocenters. The molecule has 1 aromatic heterocycles. The van der Waals surface area contributed by atoms with Gasteiger partial charge in [-0.05, 0) is 24.8 Å². The summed E-state index contributed by atoms with van der Waals surface area (Å²) in [6.45, 7) is 3.97. The van der Waals surface area contributed by atoms with Crippen LogP contribution in [0.25, 0.3) is 0 Å². The number of aliphatic carboxylic acids is 1. The first kappa shape index (κ1) is 16.0. The fourth-order valence-electron chi connectivity index (χ4n) is 3.27. The minimum absolute atomic E-state index is 0.0279. The molecule has 1 saturated carbocycles. The molecule has 5 nitrogen and oxygen atoms in total. The monoisotopic (exact) mass is 293 g/mol. The lowest BCUT2D eigenvalue weighted by Crippen LogP contribution is -2.45.